The molecule has 3 N–H and O–H groups in total. The zero-order valence-corrected chi connectivity index (χ0v) is 13.8. The Morgan fingerprint density at radius 3 is 2.65 bits per heavy atom. The summed E-state index contributed by atoms with van der Waals surface area (Å²) in [5.74, 6) is 0.738. The van der Waals surface area contributed by atoms with Gasteiger partial charge in [-0.15, -0.1) is 0 Å². The average molecular weight is 323 g/mol. The van der Waals surface area contributed by atoms with Crippen molar-refractivity contribution in [1.29, 1.82) is 0 Å². The topological polar surface area (TPSA) is 101 Å². The Bertz CT molecular complexity index is 504. The lowest BCUT2D eigenvalue weighted by Gasteiger charge is -2.17. The maximum Gasteiger partial charge on any atom is 0.269 e. The van der Waals surface area contributed by atoms with Crippen molar-refractivity contribution < 1.29 is 9.66 Å². The van der Waals surface area contributed by atoms with Gasteiger partial charge in [-0.1, -0.05) is 0 Å². The molecule has 0 aliphatic rings. The van der Waals surface area contributed by atoms with Gasteiger partial charge in [0.05, 0.1) is 18.1 Å². The molecule has 0 aliphatic heterocycles. The zero-order chi connectivity index (χ0) is 17.1. The molecule has 8 heteroatoms. The lowest BCUT2D eigenvalue weighted by Crippen LogP contribution is -2.44. The first-order valence-corrected chi connectivity index (χ1v) is 7.59. The van der Waals surface area contributed by atoms with Gasteiger partial charge >= 0.3 is 0 Å². The van der Waals surface area contributed by atoms with Gasteiger partial charge in [0.15, 0.2) is 5.96 Å². The number of hydrogen-bond donors (Lipinski definition) is 3. The fourth-order valence-corrected chi connectivity index (χ4v) is 1.91. The fourth-order valence-electron chi connectivity index (χ4n) is 1.91. The van der Waals surface area contributed by atoms with Crippen LogP contribution < -0.4 is 16.0 Å². The molecule has 0 heterocycles. The molecule has 0 saturated carbocycles. The average Bonchev–Trinajstić information content (AvgIpc) is 2.52. The molecule has 1 unspecified atom stereocenters. The molecule has 0 bridgehead atoms. The second kappa shape index (κ2) is 10.4. The maximum atomic E-state index is 10.6. The van der Waals surface area contributed by atoms with Gasteiger partial charge in [0.1, 0.15) is 0 Å². The summed E-state index contributed by atoms with van der Waals surface area (Å²) < 4.78 is 5.09. The Morgan fingerprint density at radius 2 is 2.09 bits per heavy atom. The summed E-state index contributed by atoms with van der Waals surface area (Å²) in [5, 5.41) is 20.2. The van der Waals surface area contributed by atoms with Crippen molar-refractivity contribution >= 4 is 17.3 Å². The SMILES string of the molecule is CCNC(=NCCNc1ccc([N+](=O)[O-])cc1)NC(C)COC. The highest BCUT2D eigenvalue weighted by atomic mass is 16.6. The van der Waals surface area contributed by atoms with Gasteiger partial charge in [-0.3, -0.25) is 15.1 Å². The van der Waals surface area contributed by atoms with Crippen LogP contribution in [0.25, 0.3) is 0 Å². The first kappa shape index (κ1) is 18.7. The number of aliphatic imine (C=N–C) groups is 1. The van der Waals surface area contributed by atoms with Crippen molar-refractivity contribution in [3.8, 4) is 0 Å². The van der Waals surface area contributed by atoms with E-state index in [0.29, 0.717) is 19.7 Å². The predicted octanol–water partition coefficient (Wildman–Crippen LogP) is 1.60. The molecule has 0 saturated heterocycles. The molecule has 1 rings (SSSR count). The van der Waals surface area contributed by atoms with E-state index in [9.17, 15) is 10.1 Å². The largest absolute Gasteiger partial charge is 0.383 e. The van der Waals surface area contributed by atoms with Gasteiger partial charge in [0.2, 0.25) is 0 Å². The van der Waals surface area contributed by atoms with E-state index in [0.717, 1.165) is 18.2 Å². The van der Waals surface area contributed by atoms with E-state index in [1.165, 1.54) is 12.1 Å². The molecular formula is C15H25N5O3. The van der Waals surface area contributed by atoms with Crippen LogP contribution in [-0.4, -0.2) is 50.3 Å². The van der Waals surface area contributed by atoms with Crippen molar-refractivity contribution in [1.82, 2.24) is 10.6 Å². The molecule has 0 spiro atoms. The van der Waals surface area contributed by atoms with E-state index < -0.39 is 4.92 Å². The molecular weight excluding hydrogens is 298 g/mol. The lowest BCUT2D eigenvalue weighted by atomic mass is 10.3. The van der Waals surface area contributed by atoms with Gasteiger partial charge in [0, 0.05) is 44.1 Å². The predicted molar refractivity (Wildman–Crippen MR) is 92.0 cm³/mol. The lowest BCUT2D eigenvalue weighted by molar-refractivity contribution is -0.384. The smallest absolute Gasteiger partial charge is 0.269 e. The maximum absolute atomic E-state index is 10.6. The Hall–Kier alpha value is -2.35. The summed E-state index contributed by atoms with van der Waals surface area (Å²) in [5.41, 5.74) is 0.913. The van der Waals surface area contributed by atoms with Crippen molar-refractivity contribution in [3.63, 3.8) is 0 Å². The van der Waals surface area contributed by atoms with E-state index in [4.69, 9.17) is 4.74 Å². The molecule has 23 heavy (non-hydrogen) atoms. The zero-order valence-electron chi connectivity index (χ0n) is 13.8. The number of nitro benzene ring substituents is 1. The van der Waals surface area contributed by atoms with Crippen LogP contribution in [0.2, 0.25) is 0 Å². The molecule has 0 radical (unpaired) electrons. The number of methoxy groups -OCH3 is 1. The van der Waals surface area contributed by atoms with E-state index in [1.807, 2.05) is 13.8 Å². The van der Waals surface area contributed by atoms with Gasteiger partial charge in [-0.25, -0.2) is 0 Å². The normalized spacial score (nSPS) is 12.6. The monoisotopic (exact) mass is 323 g/mol. The third kappa shape index (κ3) is 7.46. The molecule has 0 fully saturated rings. The van der Waals surface area contributed by atoms with Crippen LogP contribution in [0, 0.1) is 10.1 Å². The molecule has 128 valence electrons. The second-order valence-corrected chi connectivity index (χ2v) is 4.99. The number of nitrogens with one attached hydrogen (secondary N) is 3. The number of nitro groups is 1. The Morgan fingerprint density at radius 1 is 1.39 bits per heavy atom. The minimum Gasteiger partial charge on any atom is -0.383 e. The minimum absolute atomic E-state index is 0.0827. The molecule has 0 aromatic heterocycles. The number of rotatable bonds is 9. The van der Waals surface area contributed by atoms with Crippen molar-refractivity contribution in [2.45, 2.75) is 19.9 Å². The summed E-state index contributed by atoms with van der Waals surface area (Å²) in [6, 6.07) is 6.49. The molecule has 0 amide bonds. The number of benzene rings is 1. The molecule has 1 aromatic rings. The Balaban J connectivity index is 2.43. The highest BCUT2D eigenvalue weighted by molar-refractivity contribution is 5.80. The van der Waals surface area contributed by atoms with Crippen LogP contribution in [0.4, 0.5) is 11.4 Å². The van der Waals surface area contributed by atoms with Crippen LogP contribution in [-0.2, 0) is 4.74 Å². The third-order valence-corrected chi connectivity index (χ3v) is 2.93. The van der Waals surface area contributed by atoms with E-state index in [-0.39, 0.29) is 11.7 Å². The highest BCUT2D eigenvalue weighted by Gasteiger charge is 2.05. The van der Waals surface area contributed by atoms with Crippen molar-refractivity contribution in [2.24, 2.45) is 4.99 Å². The number of ether oxygens (including phenoxy) is 1. The Labute approximate surface area is 136 Å². The van der Waals surface area contributed by atoms with Crippen LogP contribution in [0.5, 0.6) is 0 Å². The van der Waals surface area contributed by atoms with Gasteiger partial charge < -0.3 is 20.7 Å². The van der Waals surface area contributed by atoms with Gasteiger partial charge in [0.25, 0.3) is 5.69 Å². The molecule has 1 aromatic carbocycles. The highest BCUT2D eigenvalue weighted by Crippen LogP contribution is 2.14. The van der Waals surface area contributed by atoms with Crippen LogP contribution >= 0.6 is 0 Å². The first-order chi connectivity index (χ1) is 11.1. The number of anilines is 1. The van der Waals surface area contributed by atoms with Crippen molar-refractivity contribution in [3.05, 3.63) is 34.4 Å². The fraction of sp³-hybridized carbons (Fsp3) is 0.533. The van der Waals surface area contributed by atoms with Crippen LogP contribution in [0.15, 0.2) is 29.3 Å². The van der Waals surface area contributed by atoms with Crippen LogP contribution in [0.3, 0.4) is 0 Å². The van der Waals surface area contributed by atoms with E-state index in [2.05, 4.69) is 20.9 Å². The van der Waals surface area contributed by atoms with E-state index in [1.54, 1.807) is 19.2 Å². The standard InChI is InChI=1S/C15H25N5O3/c1-4-16-15(19-12(2)11-23-3)18-10-9-17-13-5-7-14(8-6-13)20(21)22/h5-8,12,17H,4,9-11H2,1-3H3,(H2,16,18,19). The molecule has 1 atom stereocenters. The summed E-state index contributed by atoms with van der Waals surface area (Å²) in [6.45, 7) is 6.62. The molecule has 8 nitrogen and oxygen atoms in total. The number of hydrogen-bond acceptors (Lipinski definition) is 5. The summed E-state index contributed by atoms with van der Waals surface area (Å²) in [7, 11) is 1.66. The van der Waals surface area contributed by atoms with Crippen molar-refractivity contribution in [2.75, 3.05) is 38.7 Å². The summed E-state index contributed by atoms with van der Waals surface area (Å²) in [6.07, 6.45) is 0. The molecule has 0 aliphatic carbocycles. The third-order valence-electron chi connectivity index (χ3n) is 2.93. The summed E-state index contributed by atoms with van der Waals surface area (Å²) in [4.78, 5) is 14.6. The summed E-state index contributed by atoms with van der Waals surface area (Å²) >= 11 is 0. The number of nitrogens with zero attached hydrogens (tertiary/aromatic N) is 2. The quantitative estimate of drug-likeness (QED) is 0.210. The van der Waals surface area contributed by atoms with E-state index >= 15 is 0 Å². The Kier molecular flexibility index (Phi) is 8.45. The van der Waals surface area contributed by atoms with Crippen LogP contribution in [0.1, 0.15) is 13.8 Å². The number of guanidine groups is 1. The number of non-ortho nitro benzene ring substituents is 1. The van der Waals surface area contributed by atoms with Gasteiger partial charge in [-0.2, -0.15) is 0 Å². The first-order valence-electron chi connectivity index (χ1n) is 7.59. The van der Waals surface area contributed by atoms with Gasteiger partial charge in [-0.05, 0) is 26.0 Å². The minimum atomic E-state index is -0.413. The second-order valence-electron chi connectivity index (χ2n) is 4.99.